The number of ether oxygens (including phenoxy) is 1. The summed E-state index contributed by atoms with van der Waals surface area (Å²) < 4.78 is 51.8. The lowest BCUT2D eigenvalue weighted by Crippen LogP contribution is -2.37. The van der Waals surface area contributed by atoms with Gasteiger partial charge in [0.25, 0.3) is 5.85 Å². The minimum Gasteiger partial charge on any atom is -0.390 e. The molecule has 0 aromatic carbocycles. The minimum atomic E-state index is -3.05. The van der Waals surface area contributed by atoms with Crippen LogP contribution in [0.15, 0.2) is 0 Å². The molecule has 0 saturated carbocycles. The molecule has 0 aliphatic carbocycles. The lowest BCUT2D eigenvalue weighted by atomic mass is 10.3. The van der Waals surface area contributed by atoms with Crippen molar-refractivity contribution >= 4 is 0 Å². The van der Waals surface area contributed by atoms with E-state index in [0.717, 1.165) is 0 Å². The van der Waals surface area contributed by atoms with Crippen LogP contribution in [0.1, 0.15) is 6.42 Å². The third-order valence-electron chi connectivity index (χ3n) is 1.11. The first kappa shape index (κ1) is 11.6. The second kappa shape index (κ2) is 5.31. The SMILES string of the molecule is OCC(F)(CF)OC(F)CCF. The van der Waals surface area contributed by atoms with E-state index >= 15 is 0 Å². The van der Waals surface area contributed by atoms with Crippen LogP contribution in [0, 0.1) is 0 Å². The van der Waals surface area contributed by atoms with Gasteiger partial charge in [0.1, 0.15) is 6.61 Å². The standard InChI is InChI=1S/C6H10F4O2/c7-2-1-5(9)12-6(10,3-8)4-11/h5,11H,1-4H2. The number of halogens is 4. The molecular formula is C6H10F4O2. The molecule has 2 unspecified atom stereocenters. The van der Waals surface area contributed by atoms with E-state index in [9.17, 15) is 17.6 Å². The van der Waals surface area contributed by atoms with Crippen LogP contribution in [0.5, 0.6) is 0 Å². The van der Waals surface area contributed by atoms with Crippen molar-refractivity contribution in [2.45, 2.75) is 18.6 Å². The Balaban J connectivity index is 3.84. The fourth-order valence-corrected chi connectivity index (χ4v) is 0.485. The topological polar surface area (TPSA) is 29.5 Å². The van der Waals surface area contributed by atoms with Gasteiger partial charge in [-0.15, -0.1) is 0 Å². The number of alkyl halides is 4. The quantitative estimate of drug-likeness (QED) is 0.639. The first-order valence-corrected chi connectivity index (χ1v) is 3.31. The summed E-state index contributed by atoms with van der Waals surface area (Å²) in [6.45, 7) is -4.00. The third kappa shape index (κ3) is 3.87. The van der Waals surface area contributed by atoms with E-state index in [1.54, 1.807) is 0 Å². The van der Waals surface area contributed by atoms with Crippen LogP contribution in [0.25, 0.3) is 0 Å². The summed E-state index contributed by atoms with van der Waals surface area (Å²) >= 11 is 0. The summed E-state index contributed by atoms with van der Waals surface area (Å²) in [6, 6.07) is 0. The molecule has 2 atom stereocenters. The van der Waals surface area contributed by atoms with E-state index in [1.165, 1.54) is 0 Å². The molecule has 74 valence electrons. The van der Waals surface area contributed by atoms with Gasteiger partial charge < -0.3 is 9.84 Å². The highest BCUT2D eigenvalue weighted by atomic mass is 19.2. The van der Waals surface area contributed by atoms with E-state index in [2.05, 4.69) is 4.74 Å². The van der Waals surface area contributed by atoms with Crippen molar-refractivity contribution in [1.29, 1.82) is 0 Å². The van der Waals surface area contributed by atoms with Crippen LogP contribution in [-0.2, 0) is 4.74 Å². The van der Waals surface area contributed by atoms with Gasteiger partial charge in [0.15, 0.2) is 6.67 Å². The van der Waals surface area contributed by atoms with Gasteiger partial charge in [0.05, 0.1) is 6.67 Å². The molecule has 0 aromatic heterocycles. The van der Waals surface area contributed by atoms with Gasteiger partial charge >= 0.3 is 0 Å². The maximum Gasteiger partial charge on any atom is 0.263 e. The number of aliphatic hydroxyl groups excluding tert-OH is 1. The van der Waals surface area contributed by atoms with Gasteiger partial charge in [-0.25, -0.2) is 13.2 Å². The predicted octanol–water partition coefficient (Wildman–Crippen LogP) is 1.29. The summed E-state index contributed by atoms with van der Waals surface area (Å²) in [4.78, 5) is 0. The van der Waals surface area contributed by atoms with Crippen molar-refractivity contribution in [1.82, 2.24) is 0 Å². The summed E-state index contributed by atoms with van der Waals surface area (Å²) in [5.74, 6) is -3.05. The third-order valence-corrected chi connectivity index (χ3v) is 1.11. The second-order valence-electron chi connectivity index (χ2n) is 2.18. The van der Waals surface area contributed by atoms with Crippen molar-refractivity contribution in [3.05, 3.63) is 0 Å². The molecule has 0 aliphatic heterocycles. The Morgan fingerprint density at radius 1 is 1.42 bits per heavy atom. The lowest BCUT2D eigenvalue weighted by molar-refractivity contribution is -0.240. The average molecular weight is 190 g/mol. The first-order valence-electron chi connectivity index (χ1n) is 3.31. The minimum absolute atomic E-state index is 0.675. The molecule has 0 rings (SSSR count). The summed E-state index contributed by atoms with van der Waals surface area (Å²) in [7, 11) is 0. The molecule has 0 saturated heterocycles. The van der Waals surface area contributed by atoms with Crippen molar-refractivity contribution in [3.63, 3.8) is 0 Å². The molecule has 0 aliphatic rings. The molecule has 6 heteroatoms. The second-order valence-corrected chi connectivity index (χ2v) is 2.18. The Hall–Kier alpha value is -0.360. The lowest BCUT2D eigenvalue weighted by Gasteiger charge is -2.21. The van der Waals surface area contributed by atoms with E-state index in [1.807, 2.05) is 0 Å². The Morgan fingerprint density at radius 3 is 2.33 bits per heavy atom. The zero-order valence-electron chi connectivity index (χ0n) is 6.27. The maximum absolute atomic E-state index is 12.6. The molecule has 0 spiro atoms. The van der Waals surface area contributed by atoms with Crippen molar-refractivity contribution in [3.8, 4) is 0 Å². The number of rotatable bonds is 6. The first-order chi connectivity index (χ1) is 5.58. The fourth-order valence-electron chi connectivity index (χ4n) is 0.485. The highest BCUT2D eigenvalue weighted by Gasteiger charge is 2.33. The van der Waals surface area contributed by atoms with Gasteiger partial charge in [-0.2, -0.15) is 0 Å². The van der Waals surface area contributed by atoms with Gasteiger partial charge in [0.2, 0.25) is 6.36 Å². The largest absolute Gasteiger partial charge is 0.390 e. The van der Waals surface area contributed by atoms with E-state index in [0.29, 0.717) is 0 Å². The van der Waals surface area contributed by atoms with Crippen LogP contribution >= 0.6 is 0 Å². The molecule has 2 nitrogen and oxygen atoms in total. The summed E-state index contributed by atoms with van der Waals surface area (Å²) in [5, 5.41) is 8.20. The zero-order chi connectivity index (χ0) is 9.61. The zero-order valence-corrected chi connectivity index (χ0v) is 6.27. The Morgan fingerprint density at radius 2 is 2.00 bits per heavy atom. The average Bonchev–Trinajstić information content (AvgIpc) is 2.05. The molecule has 0 heterocycles. The maximum atomic E-state index is 12.6. The molecule has 1 N–H and O–H groups in total. The molecule has 12 heavy (non-hydrogen) atoms. The van der Waals surface area contributed by atoms with Crippen molar-refractivity contribution in [2.24, 2.45) is 0 Å². The van der Waals surface area contributed by atoms with Gasteiger partial charge in [0, 0.05) is 6.42 Å². The number of aliphatic hydroxyl groups is 1. The van der Waals surface area contributed by atoms with E-state index in [-0.39, 0.29) is 0 Å². The van der Waals surface area contributed by atoms with Crippen LogP contribution in [0.4, 0.5) is 17.6 Å². The van der Waals surface area contributed by atoms with Crippen LogP contribution < -0.4 is 0 Å². The highest BCUT2D eigenvalue weighted by Crippen LogP contribution is 2.18. The van der Waals surface area contributed by atoms with Crippen LogP contribution in [0.3, 0.4) is 0 Å². The molecule has 0 amide bonds. The van der Waals surface area contributed by atoms with Crippen LogP contribution in [0.2, 0.25) is 0 Å². The van der Waals surface area contributed by atoms with Gasteiger partial charge in [-0.3, -0.25) is 4.39 Å². The molecular weight excluding hydrogens is 180 g/mol. The van der Waals surface area contributed by atoms with Crippen LogP contribution in [-0.4, -0.2) is 37.3 Å². The smallest absolute Gasteiger partial charge is 0.263 e. The van der Waals surface area contributed by atoms with Crippen molar-refractivity contribution in [2.75, 3.05) is 20.0 Å². The van der Waals surface area contributed by atoms with Crippen molar-refractivity contribution < 1.29 is 27.4 Å². The van der Waals surface area contributed by atoms with E-state index in [4.69, 9.17) is 5.11 Å². The normalized spacial score (nSPS) is 18.8. The molecule has 0 radical (unpaired) electrons. The predicted molar refractivity (Wildman–Crippen MR) is 33.5 cm³/mol. The Bertz CT molecular complexity index is 118. The molecule has 0 fully saturated rings. The fraction of sp³-hybridized carbons (Fsp3) is 1.00. The Kier molecular flexibility index (Phi) is 5.16. The molecule has 0 bridgehead atoms. The monoisotopic (exact) mass is 190 g/mol. The summed E-state index contributed by atoms with van der Waals surface area (Å²) in [5.41, 5.74) is 0. The van der Waals surface area contributed by atoms with E-state index < -0.39 is 38.6 Å². The van der Waals surface area contributed by atoms with Gasteiger partial charge in [-0.05, 0) is 0 Å². The number of hydrogen-bond donors (Lipinski definition) is 1. The summed E-state index contributed by atoms with van der Waals surface area (Å²) in [6.07, 6.45) is -2.91. The highest BCUT2D eigenvalue weighted by molar-refractivity contribution is 4.65. The molecule has 0 aromatic rings. The Labute approximate surface area is 67.1 Å². The number of hydrogen-bond acceptors (Lipinski definition) is 2. The van der Waals surface area contributed by atoms with Gasteiger partial charge in [-0.1, -0.05) is 0 Å².